The van der Waals surface area contributed by atoms with Gasteiger partial charge in [-0.3, -0.25) is 0 Å². The Morgan fingerprint density at radius 3 is 1.64 bits per heavy atom. The van der Waals surface area contributed by atoms with Crippen LogP contribution in [-0.4, -0.2) is 0 Å². The average Bonchev–Trinajstić information content (AvgIpc) is 2.55. The summed E-state index contributed by atoms with van der Waals surface area (Å²) in [5.41, 5.74) is 7.47. The lowest BCUT2D eigenvalue weighted by molar-refractivity contribution is 1.42. The first-order valence-corrected chi connectivity index (χ1v) is 6.93. The van der Waals surface area contributed by atoms with E-state index in [9.17, 15) is 0 Å². The quantitative estimate of drug-likeness (QED) is 0.541. The first-order chi connectivity index (χ1) is 10.5. The van der Waals surface area contributed by atoms with Gasteiger partial charge in [0.25, 0.3) is 0 Å². The summed E-state index contributed by atoms with van der Waals surface area (Å²) in [6.07, 6.45) is 0. The Morgan fingerprint density at radius 2 is 1.14 bits per heavy atom. The third kappa shape index (κ3) is 4.49. The Morgan fingerprint density at radius 1 is 0.682 bits per heavy atom. The number of halogens is 1. The number of anilines is 1. The first kappa shape index (κ1) is 17.0. The van der Waals surface area contributed by atoms with Crippen LogP contribution in [0.25, 0.3) is 0 Å². The molecule has 0 aliphatic heterocycles. The first-order valence-electron chi connectivity index (χ1n) is 5.85. The molecule has 0 saturated heterocycles. The molecular weight excluding hydrogens is 389 g/mol. The molecule has 2 N–H and O–H groups in total. The van der Waals surface area contributed by atoms with Crippen molar-refractivity contribution in [1.29, 1.82) is 21.0 Å². The molecule has 0 spiro atoms. The van der Waals surface area contributed by atoms with Gasteiger partial charge in [0.05, 0.1) is 22.3 Å². The molecule has 0 aliphatic rings. The minimum Gasteiger partial charge on any atom is -0.399 e. The van der Waals surface area contributed by atoms with Gasteiger partial charge in [0, 0.05) is 9.26 Å². The SMILES string of the molecule is N#Cc1ccc(I)cc1C#N.N#Cc1ccc(N)cc1C#N. The molecule has 0 unspecified atom stereocenters. The molecule has 2 rings (SSSR count). The molecule has 0 amide bonds. The third-order valence-corrected chi connectivity index (χ3v) is 3.18. The standard InChI is InChI=1S/C8H3IN2.C8H5N3/c9-8-2-1-6(4-10)7(3-8)5-11;9-4-6-1-2-8(11)3-7(6)5-10/h1-3H;1-3H,11H2. The van der Waals surface area contributed by atoms with Crippen LogP contribution < -0.4 is 5.73 Å². The Kier molecular flexibility index (Phi) is 6.38. The smallest absolute Gasteiger partial charge is 0.101 e. The largest absolute Gasteiger partial charge is 0.399 e. The number of hydrogen-bond donors (Lipinski definition) is 1. The predicted octanol–water partition coefficient (Wildman–Crippen LogP) is 3.05. The molecule has 2 aromatic carbocycles. The van der Waals surface area contributed by atoms with Crippen LogP contribution in [0.3, 0.4) is 0 Å². The summed E-state index contributed by atoms with van der Waals surface area (Å²) in [7, 11) is 0. The van der Waals surface area contributed by atoms with Crippen molar-refractivity contribution in [3.8, 4) is 24.3 Å². The molecule has 0 aromatic heterocycles. The van der Waals surface area contributed by atoms with E-state index in [2.05, 4.69) is 22.6 Å². The van der Waals surface area contributed by atoms with Crippen molar-refractivity contribution in [3.63, 3.8) is 0 Å². The number of nitrogen functional groups attached to an aromatic ring is 1. The van der Waals surface area contributed by atoms with Gasteiger partial charge in [0.2, 0.25) is 0 Å². The lowest BCUT2D eigenvalue weighted by atomic mass is 10.1. The number of hydrogen-bond acceptors (Lipinski definition) is 5. The summed E-state index contributed by atoms with van der Waals surface area (Å²) in [5.74, 6) is 0. The summed E-state index contributed by atoms with van der Waals surface area (Å²) in [6, 6.07) is 17.5. The number of nitriles is 4. The van der Waals surface area contributed by atoms with E-state index >= 15 is 0 Å². The van der Waals surface area contributed by atoms with Crippen LogP contribution >= 0.6 is 22.6 Å². The van der Waals surface area contributed by atoms with Gasteiger partial charge < -0.3 is 5.73 Å². The highest BCUT2D eigenvalue weighted by molar-refractivity contribution is 14.1. The van der Waals surface area contributed by atoms with Gasteiger partial charge in [-0.15, -0.1) is 0 Å². The highest BCUT2D eigenvalue weighted by Gasteiger charge is 2.00. The normalized spacial score (nSPS) is 8.23. The van der Waals surface area contributed by atoms with Crippen LogP contribution in [0.4, 0.5) is 5.69 Å². The van der Waals surface area contributed by atoms with Crippen molar-refractivity contribution >= 4 is 28.3 Å². The number of nitrogens with zero attached hydrogens (tertiary/aromatic N) is 4. The Labute approximate surface area is 141 Å². The molecule has 2 aromatic rings. The summed E-state index contributed by atoms with van der Waals surface area (Å²) < 4.78 is 0.971. The van der Waals surface area contributed by atoms with Crippen LogP contribution in [0, 0.1) is 48.9 Å². The maximum atomic E-state index is 8.57. The minimum absolute atomic E-state index is 0.326. The van der Waals surface area contributed by atoms with E-state index in [4.69, 9.17) is 26.8 Å². The van der Waals surface area contributed by atoms with E-state index in [1.807, 2.05) is 24.3 Å². The maximum Gasteiger partial charge on any atom is 0.101 e. The van der Waals surface area contributed by atoms with Crippen LogP contribution in [0.5, 0.6) is 0 Å². The predicted molar refractivity (Wildman–Crippen MR) is 88.9 cm³/mol. The van der Waals surface area contributed by atoms with Crippen LogP contribution in [0.1, 0.15) is 22.3 Å². The van der Waals surface area contributed by atoms with E-state index in [1.165, 1.54) is 12.1 Å². The van der Waals surface area contributed by atoms with E-state index in [1.54, 1.807) is 24.3 Å². The molecule has 0 bridgehead atoms. The maximum absolute atomic E-state index is 8.57. The van der Waals surface area contributed by atoms with Gasteiger partial charge in [-0.05, 0) is 59.0 Å². The summed E-state index contributed by atoms with van der Waals surface area (Å²) in [5, 5.41) is 34.1. The third-order valence-electron chi connectivity index (χ3n) is 2.51. The Balaban J connectivity index is 0.000000220. The second kappa shape index (κ2) is 8.27. The van der Waals surface area contributed by atoms with E-state index in [0.29, 0.717) is 27.9 Å². The van der Waals surface area contributed by atoms with Crippen LogP contribution in [-0.2, 0) is 0 Å². The van der Waals surface area contributed by atoms with Gasteiger partial charge in [-0.25, -0.2) is 0 Å². The number of benzene rings is 2. The topological polar surface area (TPSA) is 121 Å². The summed E-state index contributed by atoms with van der Waals surface area (Å²) in [6.45, 7) is 0. The second-order valence-corrected chi connectivity index (χ2v) is 5.19. The van der Waals surface area contributed by atoms with Crippen molar-refractivity contribution < 1.29 is 0 Å². The van der Waals surface area contributed by atoms with E-state index < -0.39 is 0 Å². The summed E-state index contributed by atoms with van der Waals surface area (Å²) in [4.78, 5) is 0. The average molecular weight is 397 g/mol. The van der Waals surface area contributed by atoms with Crippen molar-refractivity contribution in [2.75, 3.05) is 5.73 Å². The van der Waals surface area contributed by atoms with Crippen LogP contribution in [0.2, 0.25) is 0 Å². The molecule has 0 radical (unpaired) electrons. The van der Waals surface area contributed by atoms with E-state index in [-0.39, 0.29) is 0 Å². The zero-order valence-corrected chi connectivity index (χ0v) is 13.4. The summed E-state index contributed by atoms with van der Waals surface area (Å²) >= 11 is 2.10. The van der Waals surface area contributed by atoms with Crippen LogP contribution in [0.15, 0.2) is 36.4 Å². The zero-order chi connectivity index (χ0) is 16.5. The number of rotatable bonds is 0. The highest BCUT2D eigenvalue weighted by Crippen LogP contribution is 2.12. The fourth-order valence-electron chi connectivity index (χ4n) is 1.46. The van der Waals surface area contributed by atoms with Gasteiger partial charge in [0.1, 0.15) is 24.3 Å². The zero-order valence-electron chi connectivity index (χ0n) is 11.2. The molecule has 0 atom stereocenters. The Bertz CT molecular complexity index is 787. The van der Waals surface area contributed by atoms with E-state index in [0.717, 1.165) is 3.57 Å². The molecule has 6 heteroatoms. The molecule has 22 heavy (non-hydrogen) atoms. The van der Waals surface area contributed by atoms with Crippen molar-refractivity contribution in [2.24, 2.45) is 0 Å². The van der Waals surface area contributed by atoms with Crippen molar-refractivity contribution in [1.82, 2.24) is 0 Å². The minimum atomic E-state index is 0.326. The van der Waals surface area contributed by atoms with Gasteiger partial charge >= 0.3 is 0 Å². The molecular formula is C16H8IN5. The van der Waals surface area contributed by atoms with Gasteiger partial charge in [0.15, 0.2) is 0 Å². The fourth-order valence-corrected chi connectivity index (χ4v) is 1.95. The Hall–Kier alpha value is -3.07. The lowest BCUT2D eigenvalue weighted by Crippen LogP contribution is -1.88. The monoisotopic (exact) mass is 397 g/mol. The second-order valence-electron chi connectivity index (χ2n) is 3.94. The van der Waals surface area contributed by atoms with Gasteiger partial charge in [-0.1, -0.05) is 0 Å². The molecule has 104 valence electrons. The molecule has 0 heterocycles. The number of nitrogens with two attached hydrogens (primary N) is 1. The lowest BCUT2D eigenvalue weighted by Gasteiger charge is -1.94. The van der Waals surface area contributed by atoms with Gasteiger partial charge in [-0.2, -0.15) is 21.0 Å². The molecule has 0 fully saturated rings. The fraction of sp³-hybridized carbons (Fsp3) is 0. The molecule has 5 nitrogen and oxygen atoms in total. The highest BCUT2D eigenvalue weighted by atomic mass is 127. The van der Waals surface area contributed by atoms with Crippen molar-refractivity contribution in [2.45, 2.75) is 0 Å². The molecule has 0 saturated carbocycles. The molecule has 0 aliphatic carbocycles. The van der Waals surface area contributed by atoms with Crippen molar-refractivity contribution in [3.05, 3.63) is 62.2 Å².